The summed E-state index contributed by atoms with van der Waals surface area (Å²) in [6.45, 7) is 2.10. The lowest BCUT2D eigenvalue weighted by Crippen LogP contribution is -2.41. The molecule has 7 N–H and O–H groups in total. The van der Waals surface area contributed by atoms with E-state index >= 15 is 0 Å². The van der Waals surface area contributed by atoms with Gasteiger partial charge in [0, 0.05) is 84.4 Å². The number of carboxylic acids is 2. The van der Waals surface area contributed by atoms with E-state index in [4.69, 9.17) is 24.1 Å². The number of carbonyl (C=O) groups excluding carboxylic acids is 5. The number of nitrogens with one attached hydrogen (secondary N) is 5. The number of rotatable bonds is 45. The Balaban J connectivity index is 3.65. The van der Waals surface area contributed by atoms with Gasteiger partial charge in [-0.05, 0) is 38.5 Å². The molecule has 0 bridgehead atoms. The number of carboxylic acid groups (broad SMARTS) is 2. The maximum atomic E-state index is 12.3. The zero-order valence-corrected chi connectivity index (χ0v) is 40.2. The van der Waals surface area contributed by atoms with Gasteiger partial charge in [0.25, 0.3) is 0 Å². The van der Waals surface area contributed by atoms with Gasteiger partial charge in [-0.25, -0.2) is 8.32 Å². The van der Waals surface area contributed by atoms with Crippen molar-refractivity contribution in [2.24, 2.45) is 0 Å². The van der Waals surface area contributed by atoms with Gasteiger partial charge >= 0.3 is 11.9 Å². The van der Waals surface area contributed by atoms with E-state index < -0.39 is 18.0 Å². The van der Waals surface area contributed by atoms with E-state index in [1.807, 2.05) is 22.9 Å². The molecule has 61 heavy (non-hydrogen) atoms. The molecule has 0 spiro atoms. The van der Waals surface area contributed by atoms with Crippen molar-refractivity contribution in [2.45, 2.75) is 147 Å². The van der Waals surface area contributed by atoms with Crippen LogP contribution in [0.4, 0.5) is 0 Å². The molecule has 0 rings (SSSR count). The molecule has 0 aliphatic rings. The second kappa shape index (κ2) is 43.0. The Labute approximate surface area is 389 Å². The molecule has 0 heterocycles. The molecule has 0 aliphatic carbocycles. The molecule has 0 aliphatic heterocycles. The Bertz CT molecular complexity index is 1210. The summed E-state index contributed by atoms with van der Waals surface area (Å²) in [6, 6.07) is -1.32. The topological polar surface area (TPSA) is 257 Å². The van der Waals surface area contributed by atoms with E-state index in [9.17, 15) is 38.7 Å². The summed E-state index contributed by atoms with van der Waals surface area (Å²) in [5.74, 6) is -3.12. The number of hydrogen-bond acceptors (Lipinski definition) is 12. The van der Waals surface area contributed by atoms with Crippen LogP contribution in [-0.2, 0) is 52.5 Å². The van der Waals surface area contributed by atoms with Gasteiger partial charge in [-0.15, -0.1) is 0 Å². The van der Waals surface area contributed by atoms with E-state index in [0.717, 1.165) is 51.4 Å². The van der Waals surface area contributed by atoms with E-state index in [1.54, 1.807) is 22.6 Å². The Kier molecular flexibility index (Phi) is 41.4. The van der Waals surface area contributed by atoms with E-state index in [0.29, 0.717) is 19.4 Å². The largest absolute Gasteiger partial charge is 0.481 e. The molecular formula is C41H73I2N5O13. The predicted molar refractivity (Wildman–Crippen MR) is 246 cm³/mol. The molecule has 0 saturated carbocycles. The van der Waals surface area contributed by atoms with E-state index in [2.05, 4.69) is 24.8 Å². The standard InChI is InChI=1S/C41H73I2N5O13/c42-40(55)33(48-43)17-15-16-22-44-37(51)31-60-29-28-59-26-24-46-38(52)32-61-30-27-58-25-23-45-35(49)21-20-34(41(56)57)47-36(50)18-13-11-9-7-5-3-1-2-4-6-8-10-12-14-19-39(53)54/h33-34,48H,1-32H2,(H,44,51)(H,45,49)(H,46,52)(H,47,50)(H,53,54)(H,56,57)/t33-,34+/m0/s1. The van der Waals surface area contributed by atoms with Crippen LogP contribution in [0.3, 0.4) is 0 Å². The van der Waals surface area contributed by atoms with Gasteiger partial charge in [-0.2, -0.15) is 0 Å². The van der Waals surface area contributed by atoms with Crippen LogP contribution in [0.25, 0.3) is 0 Å². The smallest absolute Gasteiger partial charge is 0.326 e. The fourth-order valence-corrected chi connectivity index (χ4v) is 7.54. The molecular weight excluding hydrogens is 1020 g/mol. The zero-order chi connectivity index (χ0) is 45.2. The molecule has 0 aromatic carbocycles. The predicted octanol–water partition coefficient (Wildman–Crippen LogP) is 4.52. The summed E-state index contributed by atoms with van der Waals surface area (Å²) in [4.78, 5) is 81.8. The molecule has 0 fully saturated rings. The first-order valence-electron chi connectivity index (χ1n) is 21.9. The number of carbonyl (C=O) groups is 7. The quantitative estimate of drug-likeness (QED) is 0.0192. The van der Waals surface area contributed by atoms with Gasteiger partial charge in [0.05, 0.1) is 45.7 Å². The Morgan fingerprint density at radius 3 is 1.34 bits per heavy atom. The normalized spacial score (nSPS) is 12.0. The van der Waals surface area contributed by atoms with Crippen molar-refractivity contribution in [2.75, 3.05) is 72.5 Å². The van der Waals surface area contributed by atoms with Crippen molar-refractivity contribution in [1.82, 2.24) is 24.8 Å². The number of aliphatic carboxylic acids is 2. The van der Waals surface area contributed by atoms with Gasteiger partial charge in [0.15, 0.2) is 0 Å². The highest BCUT2D eigenvalue weighted by atomic mass is 127. The van der Waals surface area contributed by atoms with Crippen LogP contribution in [0.5, 0.6) is 0 Å². The highest BCUT2D eigenvalue weighted by Gasteiger charge is 2.21. The Morgan fingerprint density at radius 2 is 0.885 bits per heavy atom. The van der Waals surface area contributed by atoms with E-state index in [1.165, 1.54) is 44.9 Å². The Hall–Kier alpha value is -2.25. The molecule has 0 aromatic rings. The summed E-state index contributed by atoms with van der Waals surface area (Å²) in [6.07, 6.45) is 17.8. The van der Waals surface area contributed by atoms with Crippen LogP contribution < -0.4 is 24.8 Å². The second-order valence-corrected chi connectivity index (χ2v) is 16.4. The van der Waals surface area contributed by atoms with Crippen molar-refractivity contribution in [3.8, 4) is 0 Å². The number of halogens is 2. The molecule has 4 amide bonds. The van der Waals surface area contributed by atoms with Crippen molar-refractivity contribution in [1.29, 1.82) is 0 Å². The molecule has 0 aromatic heterocycles. The van der Waals surface area contributed by atoms with E-state index in [-0.39, 0.29) is 125 Å². The lowest BCUT2D eigenvalue weighted by Gasteiger charge is -2.14. The van der Waals surface area contributed by atoms with Gasteiger partial charge in [0.1, 0.15) is 19.3 Å². The van der Waals surface area contributed by atoms with Crippen LogP contribution in [0, 0.1) is 0 Å². The third kappa shape index (κ3) is 41.5. The van der Waals surface area contributed by atoms with Gasteiger partial charge in [0.2, 0.25) is 27.4 Å². The van der Waals surface area contributed by atoms with Crippen LogP contribution in [0.2, 0.25) is 0 Å². The monoisotopic (exact) mass is 1100 g/mol. The number of ether oxygens (including phenoxy) is 4. The lowest BCUT2D eigenvalue weighted by atomic mass is 10.0. The molecule has 20 heteroatoms. The van der Waals surface area contributed by atoms with Crippen LogP contribution in [0.1, 0.15) is 135 Å². The summed E-state index contributed by atoms with van der Waals surface area (Å²) in [5, 5.41) is 28.8. The maximum Gasteiger partial charge on any atom is 0.326 e. The van der Waals surface area contributed by atoms with Crippen LogP contribution in [0.15, 0.2) is 0 Å². The second-order valence-electron chi connectivity index (χ2n) is 14.7. The molecule has 0 radical (unpaired) electrons. The SMILES string of the molecule is O=C(O)CCCCCCCCCCCCCCCCC(=O)N[C@H](CCC(=O)NCCOCCOCC(=O)NCCOCCOCC(=O)NCCCC[C@H](NI)C(=O)I)C(=O)O. The van der Waals surface area contributed by atoms with Crippen molar-refractivity contribution in [3.05, 3.63) is 0 Å². The molecule has 18 nitrogen and oxygen atoms in total. The van der Waals surface area contributed by atoms with Crippen LogP contribution in [-0.4, -0.2) is 134 Å². The highest BCUT2D eigenvalue weighted by molar-refractivity contribution is 14.1. The minimum Gasteiger partial charge on any atom is -0.481 e. The Morgan fingerprint density at radius 1 is 0.443 bits per heavy atom. The van der Waals surface area contributed by atoms with Crippen molar-refractivity contribution >= 4 is 84.8 Å². The first kappa shape index (κ1) is 58.8. The molecule has 0 saturated heterocycles. The number of unbranched alkanes of at least 4 members (excludes halogenated alkanes) is 14. The average Bonchev–Trinajstić information content (AvgIpc) is 3.22. The summed E-state index contributed by atoms with van der Waals surface area (Å²) < 4.78 is 24.3. The van der Waals surface area contributed by atoms with Crippen molar-refractivity contribution < 1.29 is 62.7 Å². The minimum absolute atomic E-state index is 0.0261. The lowest BCUT2D eigenvalue weighted by molar-refractivity contribution is -0.142. The minimum atomic E-state index is -1.18. The van der Waals surface area contributed by atoms with Gasteiger partial charge in [-0.3, -0.25) is 28.8 Å². The third-order valence-corrected chi connectivity index (χ3v) is 10.8. The zero-order valence-electron chi connectivity index (χ0n) is 35.9. The highest BCUT2D eigenvalue weighted by Crippen LogP contribution is 2.14. The number of amides is 4. The number of hydrogen-bond donors (Lipinski definition) is 7. The first-order chi connectivity index (χ1) is 29.5. The summed E-state index contributed by atoms with van der Waals surface area (Å²) >= 11 is 3.74. The summed E-state index contributed by atoms with van der Waals surface area (Å²) in [5.41, 5.74) is 0. The van der Waals surface area contributed by atoms with Gasteiger partial charge in [-0.1, -0.05) is 77.0 Å². The van der Waals surface area contributed by atoms with Crippen LogP contribution >= 0.6 is 45.5 Å². The fourth-order valence-electron chi connectivity index (χ4n) is 5.88. The average molecular weight is 1100 g/mol. The molecule has 2 atom stereocenters. The molecule has 0 unspecified atom stereocenters. The van der Waals surface area contributed by atoms with Crippen molar-refractivity contribution in [3.63, 3.8) is 0 Å². The van der Waals surface area contributed by atoms with Gasteiger partial charge < -0.3 is 50.4 Å². The fraction of sp³-hybridized carbons (Fsp3) is 0.829. The first-order valence-corrected chi connectivity index (χ1v) is 24.0. The maximum absolute atomic E-state index is 12.3. The summed E-state index contributed by atoms with van der Waals surface area (Å²) in [7, 11) is 0. The third-order valence-electron chi connectivity index (χ3n) is 9.33. The molecule has 354 valence electrons.